The Morgan fingerprint density at radius 3 is 2.38 bits per heavy atom. The summed E-state index contributed by atoms with van der Waals surface area (Å²) in [6.07, 6.45) is 0. The number of fused-ring (bicyclic) bond motifs is 1. The van der Waals surface area contributed by atoms with Crippen LogP contribution in [0.25, 0.3) is 11.0 Å². The number of rotatable bonds is 5. The molecule has 0 fully saturated rings. The number of para-hydroxylation sites is 2. The minimum atomic E-state index is -0.263. The molecule has 0 bridgehead atoms. The molecule has 0 saturated heterocycles. The lowest BCUT2D eigenvalue weighted by atomic mass is 10.1. The van der Waals surface area contributed by atoms with Gasteiger partial charge in [-0.05, 0) is 55.5 Å². The molecule has 0 unspecified atom stereocenters. The van der Waals surface area contributed by atoms with Gasteiger partial charge in [0.2, 0.25) is 11.7 Å². The molecule has 1 aromatic heterocycles. The Labute approximate surface area is 173 Å². The third-order valence-corrected chi connectivity index (χ3v) is 4.85. The molecule has 0 saturated carbocycles. The van der Waals surface area contributed by atoms with Crippen LogP contribution in [-0.2, 0) is 11.3 Å². The van der Waals surface area contributed by atoms with Crippen molar-refractivity contribution in [2.45, 2.75) is 13.5 Å². The molecular formula is C23H18ClN3O2. The van der Waals surface area contributed by atoms with E-state index in [1.54, 1.807) is 28.8 Å². The van der Waals surface area contributed by atoms with Crippen LogP contribution in [0.3, 0.4) is 0 Å². The van der Waals surface area contributed by atoms with Crippen LogP contribution in [0.5, 0.6) is 0 Å². The fraction of sp³-hybridized carbons (Fsp3) is 0.0870. The predicted molar refractivity (Wildman–Crippen MR) is 114 cm³/mol. The monoisotopic (exact) mass is 403 g/mol. The van der Waals surface area contributed by atoms with Gasteiger partial charge in [-0.15, -0.1) is 0 Å². The number of imidazole rings is 1. The fourth-order valence-electron chi connectivity index (χ4n) is 3.12. The van der Waals surface area contributed by atoms with Gasteiger partial charge in [0.25, 0.3) is 0 Å². The van der Waals surface area contributed by atoms with E-state index in [0.29, 0.717) is 21.8 Å². The maximum atomic E-state index is 13.1. The predicted octanol–water partition coefficient (Wildman–Crippen LogP) is 4.87. The molecule has 0 aliphatic heterocycles. The molecule has 1 N–H and O–H groups in total. The number of hydrogen-bond acceptors (Lipinski definition) is 3. The Balaban J connectivity index is 1.68. The number of benzene rings is 3. The van der Waals surface area contributed by atoms with Crippen molar-refractivity contribution in [2.24, 2.45) is 0 Å². The molecule has 4 rings (SSSR count). The summed E-state index contributed by atoms with van der Waals surface area (Å²) in [5, 5.41) is 3.42. The zero-order valence-electron chi connectivity index (χ0n) is 15.7. The van der Waals surface area contributed by atoms with Crippen LogP contribution in [-0.4, -0.2) is 21.2 Å². The third kappa shape index (κ3) is 4.05. The van der Waals surface area contributed by atoms with Crippen LogP contribution >= 0.6 is 11.6 Å². The van der Waals surface area contributed by atoms with Gasteiger partial charge in [0.05, 0.1) is 11.0 Å². The largest absolute Gasteiger partial charge is 0.325 e. The summed E-state index contributed by atoms with van der Waals surface area (Å²) in [5.74, 6) is -0.282. The van der Waals surface area contributed by atoms with Gasteiger partial charge in [-0.3, -0.25) is 9.59 Å². The molecule has 0 atom stereocenters. The first-order valence-corrected chi connectivity index (χ1v) is 9.51. The Kier molecular flexibility index (Phi) is 5.14. The average molecular weight is 404 g/mol. The second kappa shape index (κ2) is 7.89. The maximum Gasteiger partial charge on any atom is 0.244 e. The smallest absolute Gasteiger partial charge is 0.244 e. The number of hydrogen-bond donors (Lipinski definition) is 1. The maximum absolute atomic E-state index is 13.1. The van der Waals surface area contributed by atoms with E-state index in [2.05, 4.69) is 10.3 Å². The van der Waals surface area contributed by atoms with Crippen molar-refractivity contribution in [1.82, 2.24) is 9.55 Å². The van der Waals surface area contributed by atoms with E-state index in [1.165, 1.54) is 0 Å². The highest BCUT2D eigenvalue weighted by atomic mass is 35.5. The van der Waals surface area contributed by atoms with Gasteiger partial charge < -0.3 is 9.88 Å². The van der Waals surface area contributed by atoms with Crippen LogP contribution in [0.1, 0.15) is 21.7 Å². The summed E-state index contributed by atoms with van der Waals surface area (Å²) >= 11 is 5.93. The summed E-state index contributed by atoms with van der Waals surface area (Å²) in [7, 11) is 0. The molecule has 0 aliphatic rings. The number of carbonyl (C=O) groups is 2. The highest BCUT2D eigenvalue weighted by Gasteiger charge is 2.20. The molecule has 1 heterocycles. The van der Waals surface area contributed by atoms with Crippen LogP contribution in [0, 0.1) is 6.92 Å². The van der Waals surface area contributed by atoms with Crippen LogP contribution in [0.2, 0.25) is 5.02 Å². The quantitative estimate of drug-likeness (QED) is 0.483. The minimum Gasteiger partial charge on any atom is -0.325 e. The number of aryl methyl sites for hydroxylation is 1. The summed E-state index contributed by atoms with van der Waals surface area (Å²) in [5.41, 5.74) is 3.66. The number of nitrogens with zero attached hydrogens (tertiary/aromatic N) is 2. The zero-order valence-corrected chi connectivity index (χ0v) is 16.5. The second-order valence-corrected chi connectivity index (χ2v) is 7.20. The molecule has 0 spiro atoms. The molecule has 5 nitrogen and oxygen atoms in total. The highest BCUT2D eigenvalue weighted by molar-refractivity contribution is 6.30. The molecule has 0 aliphatic carbocycles. The van der Waals surface area contributed by atoms with Crippen molar-refractivity contribution in [3.05, 3.63) is 94.8 Å². The minimum absolute atomic E-state index is 0.0247. The Morgan fingerprint density at radius 1 is 0.966 bits per heavy atom. The second-order valence-electron chi connectivity index (χ2n) is 6.76. The van der Waals surface area contributed by atoms with Crippen molar-refractivity contribution in [3.63, 3.8) is 0 Å². The molecule has 4 aromatic rings. The van der Waals surface area contributed by atoms with Crippen molar-refractivity contribution in [3.8, 4) is 0 Å². The third-order valence-electron chi connectivity index (χ3n) is 4.60. The van der Waals surface area contributed by atoms with Gasteiger partial charge in [-0.1, -0.05) is 41.4 Å². The number of aromatic nitrogens is 2. The number of carbonyl (C=O) groups excluding carboxylic acids is 2. The lowest BCUT2D eigenvalue weighted by molar-refractivity contribution is -0.116. The Bertz CT molecular complexity index is 1200. The van der Waals surface area contributed by atoms with Crippen LogP contribution in [0.4, 0.5) is 5.69 Å². The van der Waals surface area contributed by atoms with Gasteiger partial charge in [0, 0.05) is 16.3 Å². The van der Waals surface area contributed by atoms with E-state index in [9.17, 15) is 9.59 Å². The SMILES string of the molecule is Cc1ccc(NC(=O)Cn2c(C(=O)c3ccc(Cl)cc3)nc3ccccc32)cc1. The molecule has 0 radical (unpaired) electrons. The zero-order chi connectivity index (χ0) is 20.4. The van der Waals surface area contributed by atoms with Gasteiger partial charge in [0.1, 0.15) is 6.54 Å². The summed E-state index contributed by atoms with van der Waals surface area (Å²) < 4.78 is 1.65. The summed E-state index contributed by atoms with van der Waals surface area (Å²) in [6.45, 7) is 1.96. The average Bonchev–Trinajstić information content (AvgIpc) is 3.08. The lowest BCUT2D eigenvalue weighted by Crippen LogP contribution is -2.22. The van der Waals surface area contributed by atoms with Gasteiger partial charge in [-0.2, -0.15) is 0 Å². The summed E-state index contributed by atoms with van der Waals surface area (Å²) in [6, 6.07) is 21.5. The number of ketones is 1. The summed E-state index contributed by atoms with van der Waals surface area (Å²) in [4.78, 5) is 30.2. The standard InChI is InChI=1S/C23H18ClN3O2/c1-15-6-12-18(13-7-15)25-21(28)14-27-20-5-3-2-4-19(20)26-23(27)22(29)16-8-10-17(24)11-9-16/h2-13H,14H2,1H3,(H,25,28). The van der Waals surface area contributed by atoms with Crippen molar-refractivity contribution < 1.29 is 9.59 Å². The Morgan fingerprint density at radius 2 is 1.66 bits per heavy atom. The van der Waals surface area contributed by atoms with E-state index >= 15 is 0 Å². The van der Waals surface area contributed by atoms with E-state index in [4.69, 9.17) is 11.6 Å². The van der Waals surface area contributed by atoms with E-state index in [0.717, 1.165) is 11.1 Å². The number of halogens is 1. The van der Waals surface area contributed by atoms with Crippen molar-refractivity contribution >= 4 is 40.0 Å². The first kappa shape index (κ1) is 18.9. The fourth-order valence-corrected chi connectivity index (χ4v) is 3.25. The number of anilines is 1. The molecular weight excluding hydrogens is 386 g/mol. The van der Waals surface area contributed by atoms with Crippen molar-refractivity contribution in [2.75, 3.05) is 5.32 Å². The van der Waals surface area contributed by atoms with Crippen molar-refractivity contribution in [1.29, 1.82) is 0 Å². The molecule has 144 valence electrons. The highest BCUT2D eigenvalue weighted by Crippen LogP contribution is 2.20. The molecule has 29 heavy (non-hydrogen) atoms. The van der Waals surface area contributed by atoms with Gasteiger partial charge in [0.15, 0.2) is 5.82 Å². The number of amides is 1. The molecule has 1 amide bonds. The topological polar surface area (TPSA) is 64.0 Å². The van der Waals surface area contributed by atoms with Gasteiger partial charge in [-0.25, -0.2) is 4.98 Å². The first-order chi connectivity index (χ1) is 14.0. The Hall–Kier alpha value is -3.44. The van der Waals surface area contributed by atoms with Gasteiger partial charge >= 0.3 is 0 Å². The lowest BCUT2D eigenvalue weighted by Gasteiger charge is -2.10. The van der Waals surface area contributed by atoms with E-state index in [1.807, 2.05) is 55.5 Å². The first-order valence-electron chi connectivity index (χ1n) is 9.13. The molecule has 6 heteroatoms. The van der Waals surface area contributed by atoms with Crippen LogP contribution < -0.4 is 5.32 Å². The number of nitrogens with one attached hydrogen (secondary N) is 1. The van der Waals surface area contributed by atoms with Crippen LogP contribution in [0.15, 0.2) is 72.8 Å². The molecule has 3 aromatic carbocycles. The van der Waals surface area contributed by atoms with E-state index in [-0.39, 0.29) is 24.1 Å². The normalized spacial score (nSPS) is 10.8. The van der Waals surface area contributed by atoms with E-state index < -0.39 is 0 Å².